The highest BCUT2D eigenvalue weighted by atomic mass is 32.1. The number of alkyl halides is 3. The topological polar surface area (TPSA) is 64.1 Å². The average Bonchev–Trinajstić information content (AvgIpc) is 3.08. The van der Waals surface area contributed by atoms with E-state index in [0.717, 1.165) is 5.56 Å². The summed E-state index contributed by atoms with van der Waals surface area (Å²) in [6, 6.07) is 9.09. The lowest BCUT2D eigenvalue weighted by Gasteiger charge is -2.08. The number of rotatable bonds is 6. The van der Waals surface area contributed by atoms with Crippen molar-refractivity contribution >= 4 is 17.2 Å². The second-order valence-electron chi connectivity index (χ2n) is 5.53. The van der Waals surface area contributed by atoms with Gasteiger partial charge in [0.25, 0.3) is 0 Å². The molecular weight excluding hydrogens is 379 g/mol. The summed E-state index contributed by atoms with van der Waals surface area (Å²) in [6.45, 7) is 0.379. The SMILES string of the molecule is O=C(Cc1csc(-c2ccc(OC(F)(F)F)cc2)n1)NCc1cccnc1. The fraction of sp³-hybridized carbons (Fsp3) is 0.167. The number of aromatic nitrogens is 2. The normalized spacial score (nSPS) is 11.2. The van der Waals surface area contributed by atoms with Crippen molar-refractivity contribution in [3.8, 4) is 16.3 Å². The summed E-state index contributed by atoms with van der Waals surface area (Å²) in [7, 11) is 0. The van der Waals surface area contributed by atoms with Gasteiger partial charge in [0.2, 0.25) is 5.91 Å². The van der Waals surface area contributed by atoms with Gasteiger partial charge < -0.3 is 10.1 Å². The highest BCUT2D eigenvalue weighted by Crippen LogP contribution is 2.28. The van der Waals surface area contributed by atoms with Gasteiger partial charge in [0.15, 0.2) is 0 Å². The number of pyridine rings is 1. The first-order valence-corrected chi connectivity index (χ1v) is 8.73. The second-order valence-corrected chi connectivity index (χ2v) is 6.39. The van der Waals surface area contributed by atoms with E-state index in [4.69, 9.17) is 0 Å². The zero-order valence-corrected chi connectivity index (χ0v) is 14.7. The van der Waals surface area contributed by atoms with Crippen LogP contribution in [-0.2, 0) is 17.8 Å². The molecule has 27 heavy (non-hydrogen) atoms. The smallest absolute Gasteiger partial charge is 0.406 e. The van der Waals surface area contributed by atoms with Crippen LogP contribution in [0.25, 0.3) is 10.6 Å². The Hall–Kier alpha value is -2.94. The van der Waals surface area contributed by atoms with Crippen molar-refractivity contribution in [1.82, 2.24) is 15.3 Å². The van der Waals surface area contributed by atoms with Crippen LogP contribution in [0.15, 0.2) is 54.2 Å². The predicted octanol–water partition coefficient (Wildman–Crippen LogP) is 3.96. The Morgan fingerprint density at radius 2 is 1.96 bits per heavy atom. The molecule has 0 radical (unpaired) electrons. The molecule has 9 heteroatoms. The van der Waals surface area contributed by atoms with E-state index in [9.17, 15) is 18.0 Å². The monoisotopic (exact) mass is 393 g/mol. The first-order valence-electron chi connectivity index (χ1n) is 7.85. The lowest BCUT2D eigenvalue weighted by Crippen LogP contribution is -2.24. The number of hydrogen-bond acceptors (Lipinski definition) is 5. The summed E-state index contributed by atoms with van der Waals surface area (Å²) in [6.07, 6.45) is -1.28. The molecule has 0 aliphatic carbocycles. The maximum absolute atomic E-state index is 12.2. The number of nitrogens with zero attached hydrogens (tertiary/aromatic N) is 2. The molecule has 3 rings (SSSR count). The molecule has 1 amide bonds. The Labute approximate surface area is 156 Å². The van der Waals surface area contributed by atoms with E-state index in [1.807, 2.05) is 6.07 Å². The van der Waals surface area contributed by atoms with Crippen LogP contribution in [0.3, 0.4) is 0 Å². The molecule has 0 spiro atoms. The van der Waals surface area contributed by atoms with Crippen molar-refractivity contribution in [2.45, 2.75) is 19.3 Å². The second kappa shape index (κ2) is 8.17. The molecule has 3 aromatic rings. The molecule has 2 aromatic heterocycles. The van der Waals surface area contributed by atoms with E-state index in [-0.39, 0.29) is 18.1 Å². The minimum Gasteiger partial charge on any atom is -0.406 e. The number of nitrogens with one attached hydrogen (secondary N) is 1. The third kappa shape index (κ3) is 5.78. The summed E-state index contributed by atoms with van der Waals surface area (Å²) in [5.74, 6) is -0.470. The predicted molar refractivity (Wildman–Crippen MR) is 94.0 cm³/mol. The third-order valence-electron chi connectivity index (χ3n) is 3.44. The molecule has 0 fully saturated rings. The lowest BCUT2D eigenvalue weighted by molar-refractivity contribution is -0.274. The first-order chi connectivity index (χ1) is 12.9. The Kier molecular flexibility index (Phi) is 5.70. The quantitative estimate of drug-likeness (QED) is 0.689. The Bertz CT molecular complexity index is 896. The molecule has 0 saturated carbocycles. The van der Waals surface area contributed by atoms with Gasteiger partial charge in [-0.1, -0.05) is 6.07 Å². The van der Waals surface area contributed by atoms with Crippen molar-refractivity contribution < 1.29 is 22.7 Å². The highest BCUT2D eigenvalue weighted by molar-refractivity contribution is 7.13. The molecule has 0 atom stereocenters. The number of ether oxygens (including phenoxy) is 1. The van der Waals surface area contributed by atoms with Gasteiger partial charge in [-0.2, -0.15) is 0 Å². The van der Waals surface area contributed by atoms with E-state index in [2.05, 4.69) is 20.0 Å². The average molecular weight is 393 g/mol. The molecule has 0 aliphatic heterocycles. The minimum atomic E-state index is -4.72. The van der Waals surface area contributed by atoms with Gasteiger partial charge in [-0.25, -0.2) is 4.98 Å². The Morgan fingerprint density at radius 1 is 1.19 bits per heavy atom. The molecule has 0 bridgehead atoms. The van der Waals surface area contributed by atoms with Gasteiger partial charge in [0.1, 0.15) is 10.8 Å². The molecule has 2 heterocycles. The summed E-state index contributed by atoms with van der Waals surface area (Å²) >= 11 is 1.31. The number of hydrogen-bond donors (Lipinski definition) is 1. The number of thiazole rings is 1. The van der Waals surface area contributed by atoms with Crippen molar-refractivity contribution in [3.05, 3.63) is 65.4 Å². The van der Waals surface area contributed by atoms with Gasteiger partial charge in [-0.3, -0.25) is 9.78 Å². The summed E-state index contributed by atoms with van der Waals surface area (Å²) < 4.78 is 40.4. The van der Waals surface area contributed by atoms with Crippen molar-refractivity contribution in [2.75, 3.05) is 0 Å². The number of carbonyl (C=O) groups excluding carboxylic acids is 1. The van der Waals surface area contributed by atoms with Crippen LogP contribution in [-0.4, -0.2) is 22.2 Å². The van der Waals surface area contributed by atoms with Crippen LogP contribution < -0.4 is 10.1 Å². The molecule has 1 aromatic carbocycles. The van der Waals surface area contributed by atoms with E-state index in [1.165, 1.54) is 35.6 Å². The van der Waals surface area contributed by atoms with Crippen molar-refractivity contribution in [3.63, 3.8) is 0 Å². The molecule has 140 valence electrons. The van der Waals surface area contributed by atoms with Crippen LogP contribution in [0, 0.1) is 0 Å². The van der Waals surface area contributed by atoms with Crippen LogP contribution in [0.2, 0.25) is 0 Å². The fourth-order valence-corrected chi connectivity index (χ4v) is 3.08. The number of halogens is 3. The van der Waals surface area contributed by atoms with Gasteiger partial charge in [0, 0.05) is 29.9 Å². The highest BCUT2D eigenvalue weighted by Gasteiger charge is 2.31. The van der Waals surface area contributed by atoms with E-state index < -0.39 is 6.36 Å². The maximum Gasteiger partial charge on any atom is 0.573 e. The number of benzene rings is 1. The standard InChI is InChI=1S/C18H14F3N3O2S/c19-18(20,21)26-15-5-3-13(4-6-15)17-24-14(11-27-17)8-16(25)23-10-12-2-1-7-22-9-12/h1-7,9,11H,8,10H2,(H,23,25). The van der Waals surface area contributed by atoms with Gasteiger partial charge >= 0.3 is 6.36 Å². The Morgan fingerprint density at radius 3 is 2.63 bits per heavy atom. The molecule has 0 unspecified atom stereocenters. The lowest BCUT2D eigenvalue weighted by atomic mass is 10.2. The first kappa shape index (κ1) is 18.8. The molecule has 0 saturated heterocycles. The summed E-state index contributed by atoms with van der Waals surface area (Å²) in [4.78, 5) is 20.4. The Balaban J connectivity index is 1.57. The molecular formula is C18H14F3N3O2S. The fourth-order valence-electron chi connectivity index (χ4n) is 2.25. The third-order valence-corrected chi connectivity index (χ3v) is 4.38. The molecule has 5 nitrogen and oxygen atoms in total. The van der Waals surface area contributed by atoms with Crippen molar-refractivity contribution in [2.24, 2.45) is 0 Å². The van der Waals surface area contributed by atoms with E-state index in [0.29, 0.717) is 22.8 Å². The van der Waals surface area contributed by atoms with Crippen LogP contribution in [0.1, 0.15) is 11.3 Å². The van der Waals surface area contributed by atoms with E-state index in [1.54, 1.807) is 23.8 Å². The minimum absolute atomic E-state index is 0.117. The van der Waals surface area contributed by atoms with E-state index >= 15 is 0 Å². The maximum atomic E-state index is 12.2. The number of amides is 1. The van der Waals surface area contributed by atoms with Crippen LogP contribution in [0.5, 0.6) is 5.75 Å². The summed E-state index contributed by atoms with van der Waals surface area (Å²) in [5, 5.41) is 5.15. The van der Waals surface area contributed by atoms with Crippen molar-refractivity contribution in [1.29, 1.82) is 0 Å². The zero-order valence-electron chi connectivity index (χ0n) is 13.9. The van der Waals surface area contributed by atoms with Gasteiger partial charge in [-0.15, -0.1) is 24.5 Å². The summed E-state index contributed by atoms with van der Waals surface area (Å²) in [5.41, 5.74) is 2.14. The largest absolute Gasteiger partial charge is 0.573 e. The van der Waals surface area contributed by atoms with Gasteiger partial charge in [-0.05, 0) is 35.9 Å². The zero-order chi connectivity index (χ0) is 19.3. The van der Waals surface area contributed by atoms with Gasteiger partial charge in [0.05, 0.1) is 12.1 Å². The molecule has 0 aliphatic rings. The molecule has 1 N–H and O–H groups in total. The number of carbonyl (C=O) groups is 1. The van der Waals surface area contributed by atoms with Crippen LogP contribution >= 0.6 is 11.3 Å². The van der Waals surface area contributed by atoms with Crippen LogP contribution in [0.4, 0.5) is 13.2 Å².